The number of likely N-dealkylation sites (tertiary alicyclic amines) is 1. The maximum absolute atomic E-state index is 9.47. The Hall–Kier alpha value is -1.22. The minimum atomic E-state index is -0.0350. The molecule has 0 spiro atoms. The van der Waals surface area contributed by atoms with Crippen LogP contribution in [0.1, 0.15) is 31.2 Å². The van der Waals surface area contributed by atoms with Gasteiger partial charge < -0.3 is 15.1 Å². The van der Waals surface area contributed by atoms with E-state index in [0.29, 0.717) is 5.92 Å². The van der Waals surface area contributed by atoms with E-state index in [4.69, 9.17) is 0 Å². The van der Waals surface area contributed by atoms with Crippen molar-refractivity contribution >= 4 is 0 Å². The molecule has 3 nitrogen and oxygen atoms in total. The Balaban J connectivity index is 2.05. The molecule has 0 bridgehead atoms. The molecule has 3 heteroatoms. The number of rotatable bonds is 3. The lowest BCUT2D eigenvalue weighted by Gasteiger charge is -2.15. The number of phenols is 2. The molecule has 1 atom stereocenters. The van der Waals surface area contributed by atoms with Gasteiger partial charge in [0.05, 0.1) is 0 Å². The smallest absolute Gasteiger partial charge is 0.157 e. The van der Waals surface area contributed by atoms with Gasteiger partial charge in [0.25, 0.3) is 0 Å². The zero-order valence-electron chi connectivity index (χ0n) is 9.69. The standard InChI is InChI=1S/C13H19NO2/c1-2-6-14-7-5-11(9-14)10-3-4-12(15)13(16)8-10/h3-4,8,11,15-16H,2,5-7,9H2,1H3. The topological polar surface area (TPSA) is 43.7 Å². The second kappa shape index (κ2) is 4.74. The van der Waals surface area contributed by atoms with Crippen LogP contribution in [0.2, 0.25) is 0 Å². The van der Waals surface area contributed by atoms with E-state index >= 15 is 0 Å². The minimum Gasteiger partial charge on any atom is -0.504 e. The third-order valence-corrected chi connectivity index (χ3v) is 3.28. The van der Waals surface area contributed by atoms with Gasteiger partial charge in [0.2, 0.25) is 0 Å². The molecule has 0 amide bonds. The molecule has 1 aromatic rings. The second-order valence-electron chi connectivity index (χ2n) is 4.53. The largest absolute Gasteiger partial charge is 0.504 e. The van der Waals surface area contributed by atoms with Gasteiger partial charge >= 0.3 is 0 Å². The molecular weight excluding hydrogens is 202 g/mol. The Kier molecular flexibility index (Phi) is 3.34. The quantitative estimate of drug-likeness (QED) is 0.770. The maximum atomic E-state index is 9.47. The molecule has 1 aliphatic heterocycles. The zero-order chi connectivity index (χ0) is 11.5. The molecule has 1 aliphatic rings. The van der Waals surface area contributed by atoms with Crippen LogP contribution < -0.4 is 0 Å². The van der Waals surface area contributed by atoms with Crippen LogP contribution in [0.25, 0.3) is 0 Å². The molecule has 16 heavy (non-hydrogen) atoms. The number of phenolic OH excluding ortho intramolecular Hbond substituents is 2. The SMILES string of the molecule is CCCN1CCC(c2ccc(O)c(O)c2)C1. The molecule has 2 rings (SSSR count). The van der Waals surface area contributed by atoms with Gasteiger partial charge in [-0.2, -0.15) is 0 Å². The number of hydrogen-bond acceptors (Lipinski definition) is 3. The van der Waals surface area contributed by atoms with Crippen molar-refractivity contribution in [3.05, 3.63) is 23.8 Å². The highest BCUT2D eigenvalue weighted by Crippen LogP contribution is 2.32. The van der Waals surface area contributed by atoms with Crippen molar-refractivity contribution in [2.45, 2.75) is 25.7 Å². The van der Waals surface area contributed by atoms with Gasteiger partial charge in [0.15, 0.2) is 11.5 Å². The fourth-order valence-electron chi connectivity index (χ4n) is 2.42. The van der Waals surface area contributed by atoms with Crippen molar-refractivity contribution < 1.29 is 10.2 Å². The molecule has 88 valence electrons. The Morgan fingerprint density at radius 1 is 1.31 bits per heavy atom. The molecule has 1 heterocycles. The summed E-state index contributed by atoms with van der Waals surface area (Å²) in [6.45, 7) is 5.55. The van der Waals surface area contributed by atoms with Crippen LogP contribution in [0.15, 0.2) is 18.2 Å². The molecule has 1 aromatic carbocycles. The van der Waals surface area contributed by atoms with Crippen LogP contribution in [0.4, 0.5) is 0 Å². The van der Waals surface area contributed by atoms with Gasteiger partial charge in [-0.25, -0.2) is 0 Å². The van der Waals surface area contributed by atoms with Crippen molar-refractivity contribution in [1.82, 2.24) is 4.90 Å². The van der Waals surface area contributed by atoms with E-state index in [1.54, 1.807) is 12.1 Å². The Bertz CT molecular complexity index is 365. The highest BCUT2D eigenvalue weighted by molar-refractivity contribution is 5.42. The van der Waals surface area contributed by atoms with E-state index in [1.165, 1.54) is 6.42 Å². The van der Waals surface area contributed by atoms with E-state index < -0.39 is 0 Å². The van der Waals surface area contributed by atoms with Gasteiger partial charge in [0.1, 0.15) is 0 Å². The van der Waals surface area contributed by atoms with Crippen molar-refractivity contribution in [3.8, 4) is 11.5 Å². The molecule has 0 aliphatic carbocycles. The van der Waals surface area contributed by atoms with Crippen molar-refractivity contribution in [3.63, 3.8) is 0 Å². The van der Waals surface area contributed by atoms with Crippen LogP contribution in [-0.4, -0.2) is 34.7 Å². The monoisotopic (exact) mass is 221 g/mol. The van der Waals surface area contributed by atoms with E-state index in [0.717, 1.165) is 31.6 Å². The van der Waals surface area contributed by atoms with Crippen LogP contribution in [0.3, 0.4) is 0 Å². The van der Waals surface area contributed by atoms with Gasteiger partial charge in [-0.3, -0.25) is 0 Å². The highest BCUT2D eigenvalue weighted by Gasteiger charge is 2.23. The molecule has 1 fully saturated rings. The summed E-state index contributed by atoms with van der Waals surface area (Å²) >= 11 is 0. The Labute approximate surface area is 96.3 Å². The summed E-state index contributed by atoms with van der Waals surface area (Å²) < 4.78 is 0. The molecule has 1 saturated heterocycles. The average Bonchev–Trinajstić information content (AvgIpc) is 2.71. The van der Waals surface area contributed by atoms with Gasteiger partial charge in [-0.15, -0.1) is 0 Å². The number of nitrogens with zero attached hydrogens (tertiary/aromatic N) is 1. The lowest BCUT2D eigenvalue weighted by molar-refractivity contribution is 0.335. The van der Waals surface area contributed by atoms with Gasteiger partial charge in [0, 0.05) is 6.54 Å². The van der Waals surface area contributed by atoms with Crippen LogP contribution in [0.5, 0.6) is 11.5 Å². The molecule has 0 radical (unpaired) electrons. The summed E-state index contributed by atoms with van der Waals surface area (Å²) in [5.41, 5.74) is 1.13. The first kappa shape index (κ1) is 11.3. The molecule has 0 saturated carbocycles. The molecule has 0 aromatic heterocycles. The summed E-state index contributed by atoms with van der Waals surface area (Å²) in [5, 5.41) is 18.7. The van der Waals surface area contributed by atoms with Crippen molar-refractivity contribution in [2.24, 2.45) is 0 Å². The maximum Gasteiger partial charge on any atom is 0.157 e. The first-order valence-electron chi connectivity index (χ1n) is 5.95. The summed E-state index contributed by atoms with van der Waals surface area (Å²) in [5.74, 6) is 0.455. The fraction of sp³-hybridized carbons (Fsp3) is 0.538. The van der Waals surface area contributed by atoms with Crippen molar-refractivity contribution in [2.75, 3.05) is 19.6 Å². The number of hydrogen-bond donors (Lipinski definition) is 2. The predicted octanol–water partition coefficient (Wildman–Crippen LogP) is 2.30. The van der Waals surface area contributed by atoms with E-state index in [1.807, 2.05) is 6.07 Å². The Morgan fingerprint density at radius 2 is 2.12 bits per heavy atom. The first-order chi connectivity index (χ1) is 7.70. The zero-order valence-corrected chi connectivity index (χ0v) is 9.69. The van der Waals surface area contributed by atoms with E-state index in [2.05, 4.69) is 11.8 Å². The third-order valence-electron chi connectivity index (χ3n) is 3.28. The normalized spacial score (nSPS) is 21.4. The average molecular weight is 221 g/mol. The van der Waals surface area contributed by atoms with E-state index in [9.17, 15) is 10.2 Å². The predicted molar refractivity (Wildman–Crippen MR) is 63.9 cm³/mol. The summed E-state index contributed by atoms with van der Waals surface area (Å²) in [6, 6.07) is 5.18. The van der Waals surface area contributed by atoms with Crippen molar-refractivity contribution in [1.29, 1.82) is 0 Å². The number of benzene rings is 1. The third kappa shape index (κ3) is 2.30. The highest BCUT2D eigenvalue weighted by atomic mass is 16.3. The molecular formula is C13H19NO2. The lowest BCUT2D eigenvalue weighted by atomic mass is 9.98. The number of aromatic hydroxyl groups is 2. The summed E-state index contributed by atoms with van der Waals surface area (Å²) in [7, 11) is 0. The van der Waals surface area contributed by atoms with Crippen LogP contribution in [-0.2, 0) is 0 Å². The van der Waals surface area contributed by atoms with E-state index in [-0.39, 0.29) is 11.5 Å². The minimum absolute atomic E-state index is 0.00792. The van der Waals surface area contributed by atoms with Gasteiger partial charge in [-0.1, -0.05) is 13.0 Å². The van der Waals surface area contributed by atoms with Gasteiger partial charge in [-0.05, 0) is 49.5 Å². The lowest BCUT2D eigenvalue weighted by Crippen LogP contribution is -2.20. The molecule has 2 N–H and O–H groups in total. The van der Waals surface area contributed by atoms with Crippen LogP contribution >= 0.6 is 0 Å². The summed E-state index contributed by atoms with van der Waals surface area (Å²) in [4.78, 5) is 2.45. The fourth-order valence-corrected chi connectivity index (χ4v) is 2.42. The first-order valence-corrected chi connectivity index (χ1v) is 5.95. The summed E-state index contributed by atoms with van der Waals surface area (Å²) in [6.07, 6.45) is 2.33. The molecule has 1 unspecified atom stereocenters. The second-order valence-corrected chi connectivity index (χ2v) is 4.53. The van der Waals surface area contributed by atoms with Crippen LogP contribution in [0, 0.1) is 0 Å². The Morgan fingerprint density at radius 3 is 2.81 bits per heavy atom.